The molecule has 1 rings (SSSR count). The number of ketones is 1. The van der Waals surface area contributed by atoms with Gasteiger partial charge in [-0.25, -0.2) is 0 Å². The molecule has 0 aromatic carbocycles. The summed E-state index contributed by atoms with van der Waals surface area (Å²) in [5.74, 6) is 0.199. The summed E-state index contributed by atoms with van der Waals surface area (Å²) >= 11 is 3.53. The van der Waals surface area contributed by atoms with Crippen molar-refractivity contribution < 1.29 is 4.79 Å². The van der Waals surface area contributed by atoms with Crippen LogP contribution in [-0.2, 0) is 4.79 Å². The van der Waals surface area contributed by atoms with E-state index < -0.39 is 0 Å². The summed E-state index contributed by atoms with van der Waals surface area (Å²) in [4.78, 5) is 10.7. The van der Waals surface area contributed by atoms with Crippen LogP contribution < -0.4 is 0 Å². The molecule has 1 aliphatic rings. The van der Waals surface area contributed by atoms with Crippen molar-refractivity contribution in [1.82, 2.24) is 0 Å². The monoisotopic (exact) mass is 160 g/mol. The van der Waals surface area contributed by atoms with Gasteiger partial charge in [-0.15, -0.1) is 23.5 Å². The van der Waals surface area contributed by atoms with Crippen LogP contribution in [0.5, 0.6) is 0 Å². The van der Waals surface area contributed by atoms with E-state index in [4.69, 9.17) is 0 Å². The summed E-state index contributed by atoms with van der Waals surface area (Å²) in [5, 5.41) is 1.11. The maximum atomic E-state index is 10.7. The van der Waals surface area contributed by atoms with Gasteiger partial charge in [-0.05, 0) is 13.8 Å². The van der Waals surface area contributed by atoms with Crippen molar-refractivity contribution in [1.29, 1.82) is 0 Å². The molecular formula is C6H8OS2. The van der Waals surface area contributed by atoms with Gasteiger partial charge in [0.05, 0.1) is 0 Å². The Bertz CT molecular complexity index is 166. The fourth-order valence-electron chi connectivity index (χ4n) is 0.478. The van der Waals surface area contributed by atoms with E-state index in [2.05, 4.69) is 0 Å². The van der Waals surface area contributed by atoms with Crippen LogP contribution in [0.3, 0.4) is 0 Å². The van der Waals surface area contributed by atoms with E-state index in [1.54, 1.807) is 30.4 Å². The molecule has 0 aromatic rings. The fourth-order valence-corrected chi connectivity index (χ4v) is 2.14. The van der Waals surface area contributed by atoms with Crippen molar-refractivity contribution >= 4 is 29.3 Å². The lowest BCUT2D eigenvalue weighted by Crippen LogP contribution is -1.98. The normalized spacial score (nSPS) is 16.9. The molecule has 1 aliphatic heterocycles. The van der Waals surface area contributed by atoms with Gasteiger partial charge in [-0.2, -0.15) is 0 Å². The van der Waals surface area contributed by atoms with Crippen LogP contribution in [0.25, 0.3) is 0 Å². The highest BCUT2D eigenvalue weighted by molar-refractivity contribution is 8.37. The van der Waals surface area contributed by atoms with E-state index in [-0.39, 0.29) is 5.78 Å². The van der Waals surface area contributed by atoms with Gasteiger partial charge in [0.1, 0.15) is 0 Å². The van der Waals surface area contributed by atoms with Crippen LogP contribution >= 0.6 is 23.5 Å². The highest BCUT2D eigenvalue weighted by Crippen LogP contribution is 2.45. The molecule has 1 heterocycles. The number of hydrogen-bond donors (Lipinski definition) is 0. The number of thioether (sulfide) groups is 2. The molecule has 9 heavy (non-hydrogen) atoms. The fraction of sp³-hybridized carbons (Fsp3) is 0.500. The molecule has 50 valence electrons. The van der Waals surface area contributed by atoms with E-state index >= 15 is 0 Å². The second-order valence-corrected chi connectivity index (χ2v) is 4.47. The van der Waals surface area contributed by atoms with Crippen molar-refractivity contribution in [3.8, 4) is 0 Å². The molecule has 0 aliphatic carbocycles. The summed E-state index contributed by atoms with van der Waals surface area (Å²) in [5.41, 5.74) is 0.927. The first kappa shape index (κ1) is 7.22. The zero-order chi connectivity index (χ0) is 6.85. The van der Waals surface area contributed by atoms with Crippen molar-refractivity contribution in [2.75, 3.05) is 5.08 Å². The van der Waals surface area contributed by atoms with Crippen molar-refractivity contribution in [2.45, 2.75) is 13.8 Å². The predicted octanol–water partition coefficient (Wildman–Crippen LogP) is 2.24. The minimum Gasteiger partial charge on any atom is -0.295 e. The third kappa shape index (κ3) is 1.52. The largest absolute Gasteiger partial charge is 0.295 e. The van der Waals surface area contributed by atoms with Crippen molar-refractivity contribution in [3.63, 3.8) is 0 Å². The smallest absolute Gasteiger partial charge is 0.157 e. The molecule has 0 N–H and O–H groups in total. The number of hydrogen-bond acceptors (Lipinski definition) is 3. The molecule has 1 nitrogen and oxygen atoms in total. The van der Waals surface area contributed by atoms with Gasteiger partial charge in [0, 0.05) is 14.9 Å². The van der Waals surface area contributed by atoms with E-state index in [1.165, 1.54) is 4.24 Å². The Hall–Kier alpha value is 0.110. The lowest BCUT2D eigenvalue weighted by Gasteiger charge is -2.16. The summed E-state index contributed by atoms with van der Waals surface area (Å²) in [6.07, 6.45) is 0. The topological polar surface area (TPSA) is 17.1 Å². The summed E-state index contributed by atoms with van der Waals surface area (Å²) in [6, 6.07) is 0. The van der Waals surface area contributed by atoms with Crippen molar-refractivity contribution in [2.24, 2.45) is 0 Å². The Morgan fingerprint density at radius 2 is 2.00 bits per heavy atom. The second kappa shape index (κ2) is 2.80. The minimum atomic E-state index is 0.199. The third-order valence-corrected chi connectivity index (χ3v) is 4.00. The third-order valence-electron chi connectivity index (χ3n) is 1.21. The van der Waals surface area contributed by atoms with Gasteiger partial charge < -0.3 is 0 Å². The molecule has 0 atom stereocenters. The molecule has 0 spiro atoms. The van der Waals surface area contributed by atoms with Gasteiger partial charge in [-0.1, -0.05) is 0 Å². The van der Waals surface area contributed by atoms with E-state index in [0.717, 1.165) is 10.7 Å². The highest BCUT2D eigenvalue weighted by atomic mass is 32.3. The van der Waals surface area contributed by atoms with Crippen molar-refractivity contribution in [3.05, 3.63) is 9.81 Å². The lowest BCUT2D eigenvalue weighted by atomic mass is 10.2. The molecule has 0 saturated carbocycles. The number of allylic oxidation sites excluding steroid dienone is 1. The number of carbonyl (C=O) groups excluding carboxylic acids is 1. The standard InChI is InChI=1S/C6H8OS2/c1-4(5(2)7)6-8-3-9-6/h3H2,1-2H3. The van der Waals surface area contributed by atoms with Gasteiger partial charge in [0.25, 0.3) is 0 Å². The maximum Gasteiger partial charge on any atom is 0.157 e. The molecule has 1 fully saturated rings. The lowest BCUT2D eigenvalue weighted by molar-refractivity contribution is -0.113. The van der Waals surface area contributed by atoms with Gasteiger partial charge >= 0.3 is 0 Å². The summed E-state index contributed by atoms with van der Waals surface area (Å²) < 4.78 is 1.21. The first-order valence-electron chi connectivity index (χ1n) is 2.69. The molecule has 0 aromatic heterocycles. The molecule has 0 radical (unpaired) electrons. The first-order chi connectivity index (χ1) is 4.22. The molecular weight excluding hydrogens is 152 g/mol. The van der Waals surface area contributed by atoms with Gasteiger partial charge in [0.2, 0.25) is 0 Å². The summed E-state index contributed by atoms with van der Waals surface area (Å²) in [7, 11) is 0. The van der Waals surface area contributed by atoms with E-state index in [1.807, 2.05) is 6.92 Å². The second-order valence-electron chi connectivity index (χ2n) is 1.88. The van der Waals surface area contributed by atoms with Gasteiger partial charge in [-0.3, -0.25) is 4.79 Å². The number of carbonyl (C=O) groups is 1. The Balaban J connectivity index is 2.67. The average molecular weight is 160 g/mol. The number of rotatable bonds is 1. The number of Topliss-reactive ketones (excluding diaryl/α,β-unsaturated/α-hetero) is 1. The van der Waals surface area contributed by atoms with E-state index in [0.29, 0.717) is 0 Å². The Kier molecular flexibility index (Phi) is 2.24. The molecule has 1 saturated heterocycles. The Morgan fingerprint density at radius 3 is 2.11 bits per heavy atom. The van der Waals surface area contributed by atoms with Crippen LogP contribution in [0, 0.1) is 0 Å². The highest BCUT2D eigenvalue weighted by Gasteiger charge is 2.15. The van der Waals surface area contributed by atoms with Crippen LogP contribution in [0.2, 0.25) is 0 Å². The molecule has 0 unspecified atom stereocenters. The van der Waals surface area contributed by atoms with Crippen LogP contribution in [0.1, 0.15) is 13.8 Å². The average Bonchev–Trinajstić information content (AvgIpc) is 1.60. The Labute approximate surface area is 63.3 Å². The first-order valence-corrected chi connectivity index (χ1v) is 4.66. The maximum absolute atomic E-state index is 10.7. The molecule has 0 amide bonds. The molecule has 3 heteroatoms. The zero-order valence-electron chi connectivity index (χ0n) is 5.43. The molecule has 0 bridgehead atoms. The SMILES string of the molecule is CC(=O)C(C)=C1SCS1. The van der Waals surface area contributed by atoms with Crippen LogP contribution in [0.15, 0.2) is 9.81 Å². The van der Waals surface area contributed by atoms with E-state index in [9.17, 15) is 4.79 Å². The minimum absolute atomic E-state index is 0.199. The van der Waals surface area contributed by atoms with Crippen LogP contribution in [0.4, 0.5) is 0 Å². The predicted molar refractivity (Wildman–Crippen MR) is 43.4 cm³/mol. The summed E-state index contributed by atoms with van der Waals surface area (Å²) in [6.45, 7) is 3.50. The Morgan fingerprint density at radius 1 is 1.44 bits per heavy atom. The zero-order valence-corrected chi connectivity index (χ0v) is 7.06. The van der Waals surface area contributed by atoms with Crippen LogP contribution in [-0.4, -0.2) is 10.9 Å². The quantitative estimate of drug-likeness (QED) is 0.548. The van der Waals surface area contributed by atoms with Gasteiger partial charge in [0.15, 0.2) is 5.78 Å².